The van der Waals surface area contributed by atoms with Crippen LogP contribution in [-0.2, 0) is 28.7 Å². The van der Waals surface area contributed by atoms with E-state index < -0.39 is 59.6 Å². The molecule has 2 saturated heterocycles. The van der Waals surface area contributed by atoms with Crippen molar-refractivity contribution in [3.05, 3.63) is 37.5 Å². The Balaban J connectivity index is 1.84. The van der Waals surface area contributed by atoms with Gasteiger partial charge in [-0.2, -0.15) is 0 Å². The van der Waals surface area contributed by atoms with Gasteiger partial charge in [0.15, 0.2) is 0 Å². The fraction of sp³-hybridized carbons (Fsp3) is 0.762. The van der Waals surface area contributed by atoms with E-state index in [9.17, 15) is 34.5 Å². The predicted octanol–water partition coefficient (Wildman–Crippen LogP) is 6.11. The van der Waals surface area contributed by atoms with Gasteiger partial charge in [0.2, 0.25) is 5.79 Å². The van der Waals surface area contributed by atoms with Crippen molar-refractivity contribution in [2.75, 3.05) is 6.54 Å². The van der Waals surface area contributed by atoms with Crippen molar-refractivity contribution in [3.63, 3.8) is 0 Å². The number of Topliss-reactive ketones (excluding diaryl/α,β-unsaturated/α-hetero) is 2. The summed E-state index contributed by atoms with van der Waals surface area (Å²) < 4.78 is 12.3. The lowest BCUT2D eigenvalue weighted by atomic mass is 9.74. The molecule has 10 heteroatoms. The number of aliphatic hydroxyl groups is 3. The van der Waals surface area contributed by atoms with E-state index in [-0.39, 0.29) is 60.9 Å². The molecule has 1 aliphatic carbocycles. The van der Waals surface area contributed by atoms with E-state index in [1.54, 1.807) is 26.0 Å². The van der Waals surface area contributed by atoms with Crippen molar-refractivity contribution >= 4 is 23.4 Å². The van der Waals surface area contributed by atoms with Crippen LogP contribution in [0, 0.1) is 41.4 Å². The molecule has 1 saturated carbocycles. The number of likely N-dealkylation sites (tertiary alicyclic amines) is 1. The molecule has 2 aliphatic heterocycles. The molecule has 3 N–H and O–H groups in total. The van der Waals surface area contributed by atoms with Crippen LogP contribution < -0.4 is 0 Å². The lowest BCUT2D eigenvalue weighted by Crippen LogP contribution is -2.61. The maximum atomic E-state index is 14.2. The number of hydrogen-bond acceptors (Lipinski definition) is 9. The Kier molecular flexibility index (Phi) is 16.9. The Bertz CT molecular complexity index is 1260. The summed E-state index contributed by atoms with van der Waals surface area (Å²) in [6, 6.07) is -1.06. The van der Waals surface area contributed by atoms with Gasteiger partial charge in [-0.3, -0.25) is 14.4 Å². The minimum absolute atomic E-state index is 0.0760. The van der Waals surface area contributed by atoms with E-state index in [0.29, 0.717) is 51.4 Å². The van der Waals surface area contributed by atoms with Gasteiger partial charge >= 0.3 is 5.97 Å². The van der Waals surface area contributed by atoms with Crippen LogP contribution in [0.2, 0.25) is 0 Å². The van der Waals surface area contributed by atoms with Crippen molar-refractivity contribution in [1.29, 1.82) is 0 Å². The number of rotatable bonds is 18. The first-order chi connectivity index (χ1) is 24.6. The van der Waals surface area contributed by atoms with Crippen LogP contribution >= 0.6 is 0 Å². The molecule has 0 spiro atoms. The van der Waals surface area contributed by atoms with Gasteiger partial charge in [-0.15, -0.1) is 13.2 Å². The lowest BCUT2D eigenvalue weighted by Gasteiger charge is -2.43. The van der Waals surface area contributed by atoms with Crippen molar-refractivity contribution in [3.8, 4) is 0 Å². The third-order valence-corrected chi connectivity index (χ3v) is 12.2. The second-order valence-corrected chi connectivity index (χ2v) is 16.2. The van der Waals surface area contributed by atoms with Crippen molar-refractivity contribution < 1.29 is 44.0 Å². The fourth-order valence-corrected chi connectivity index (χ4v) is 8.65. The van der Waals surface area contributed by atoms with Gasteiger partial charge in [0.1, 0.15) is 17.9 Å². The third-order valence-electron chi connectivity index (χ3n) is 12.2. The number of aliphatic hydroxyl groups excluding tert-OH is 2. The topological polar surface area (TPSA) is 151 Å². The summed E-state index contributed by atoms with van der Waals surface area (Å²) >= 11 is 0. The van der Waals surface area contributed by atoms with Crippen LogP contribution in [-0.4, -0.2) is 86.5 Å². The molecule has 3 aliphatic rings. The van der Waals surface area contributed by atoms with Crippen LogP contribution in [0.3, 0.4) is 0 Å². The zero-order chi connectivity index (χ0) is 38.7. The highest BCUT2D eigenvalue weighted by molar-refractivity contribution is 6.39. The highest BCUT2D eigenvalue weighted by Gasteiger charge is 2.53. The molecule has 52 heavy (non-hydrogen) atoms. The quantitative estimate of drug-likeness (QED) is 0.0863. The number of allylic oxidation sites excluding steroid dienone is 3. The summed E-state index contributed by atoms with van der Waals surface area (Å²) in [5.41, 5.74) is 0. The Hall–Kier alpha value is -2.66. The minimum atomic E-state index is -2.32. The van der Waals surface area contributed by atoms with E-state index in [2.05, 4.69) is 13.2 Å². The molecule has 0 aromatic heterocycles. The standard InChI is InChI=1S/C42H67NO9/c1-9-14-26(4)37-21-18-29(7)42(50,52-37)39(47)40(48)43-22-13-12-17-33(43)41(49)51-38(28(6)24-31-19-20-34(44)27(5)23-31)30(8)35(45)25-36(46)32(15-10-2)16-11-3/h9-11,14,26-35,37-38,44-45,50H,2-3,12-13,15-25H2,1,4-8H3/b14-9-/t26-,27+,28+,29+,30+,31+,33?,34+,35-,37?,38+,42+/m0/s1. The Morgan fingerprint density at radius 2 is 1.67 bits per heavy atom. The van der Waals surface area contributed by atoms with Gasteiger partial charge < -0.3 is 29.7 Å². The van der Waals surface area contributed by atoms with Gasteiger partial charge in [0, 0.05) is 36.6 Å². The van der Waals surface area contributed by atoms with E-state index in [4.69, 9.17) is 9.47 Å². The van der Waals surface area contributed by atoms with Gasteiger partial charge in [-0.25, -0.2) is 4.79 Å². The molecular weight excluding hydrogens is 662 g/mol. The summed E-state index contributed by atoms with van der Waals surface area (Å²) in [6.45, 7) is 19.0. The summed E-state index contributed by atoms with van der Waals surface area (Å²) in [5, 5.41) is 33.4. The number of piperidine rings is 1. The number of esters is 1. The van der Waals surface area contributed by atoms with Crippen LogP contribution in [0.4, 0.5) is 0 Å². The monoisotopic (exact) mass is 729 g/mol. The normalized spacial score (nSPS) is 31.3. The van der Waals surface area contributed by atoms with Gasteiger partial charge in [0.25, 0.3) is 11.7 Å². The minimum Gasteiger partial charge on any atom is -0.460 e. The zero-order valence-electron chi connectivity index (χ0n) is 32.6. The number of nitrogens with zero attached hydrogens (tertiary/aromatic N) is 1. The molecule has 12 atom stereocenters. The van der Waals surface area contributed by atoms with Crippen molar-refractivity contribution in [2.45, 2.75) is 155 Å². The zero-order valence-corrected chi connectivity index (χ0v) is 32.6. The molecule has 1 amide bonds. The van der Waals surface area contributed by atoms with Crippen LogP contribution in [0.5, 0.6) is 0 Å². The smallest absolute Gasteiger partial charge is 0.329 e. The van der Waals surface area contributed by atoms with Crippen molar-refractivity contribution in [2.24, 2.45) is 41.4 Å². The Morgan fingerprint density at radius 1 is 1.00 bits per heavy atom. The molecule has 3 fully saturated rings. The van der Waals surface area contributed by atoms with E-state index in [1.807, 2.05) is 39.8 Å². The average Bonchev–Trinajstić information content (AvgIpc) is 3.12. The number of carbonyl (C=O) groups is 4. The van der Waals surface area contributed by atoms with Gasteiger partial charge in [0.05, 0.1) is 18.3 Å². The van der Waals surface area contributed by atoms with E-state index in [1.165, 1.54) is 4.90 Å². The summed E-state index contributed by atoms with van der Waals surface area (Å²) in [5.74, 6) is -6.60. The molecule has 10 nitrogen and oxygen atoms in total. The number of ether oxygens (including phenoxy) is 2. The molecule has 2 heterocycles. The number of amides is 1. The van der Waals surface area contributed by atoms with Crippen molar-refractivity contribution in [1.82, 2.24) is 4.90 Å². The molecule has 0 aromatic rings. The Labute approximate surface area is 312 Å². The predicted molar refractivity (Wildman–Crippen MR) is 201 cm³/mol. The van der Waals surface area contributed by atoms with Crippen LogP contribution in [0.1, 0.15) is 119 Å². The highest BCUT2D eigenvalue weighted by Crippen LogP contribution is 2.38. The second-order valence-electron chi connectivity index (χ2n) is 16.2. The molecule has 3 rings (SSSR count). The largest absolute Gasteiger partial charge is 0.460 e. The molecule has 0 radical (unpaired) electrons. The molecule has 0 aromatic carbocycles. The molecule has 0 bridgehead atoms. The second kappa shape index (κ2) is 20.1. The molecule has 2 unspecified atom stereocenters. The molecular formula is C42H67NO9. The number of ketones is 2. The molecule has 294 valence electrons. The van der Waals surface area contributed by atoms with E-state index >= 15 is 0 Å². The van der Waals surface area contributed by atoms with Gasteiger partial charge in [-0.1, -0.05) is 58.9 Å². The Morgan fingerprint density at radius 3 is 2.29 bits per heavy atom. The maximum absolute atomic E-state index is 14.2. The summed E-state index contributed by atoms with van der Waals surface area (Å²) in [7, 11) is 0. The van der Waals surface area contributed by atoms with Crippen LogP contribution in [0.15, 0.2) is 37.5 Å². The highest BCUT2D eigenvalue weighted by atomic mass is 16.6. The summed E-state index contributed by atoms with van der Waals surface area (Å²) in [6.07, 6.45) is 11.0. The SMILES string of the molecule is C=CCC(CC=C)C(=O)C[C@H](O)[C@@H](C)[C@H](OC(=O)C1CCCCN1C(=O)C(=O)[C@]1(O)OC([C@@H](C)/C=C\C)CC[C@H]1C)[C@H](C)C[C@@H]1CC[C@@H](O)[C@H](C)C1. The first-order valence-electron chi connectivity index (χ1n) is 19.8. The van der Waals surface area contributed by atoms with Crippen LogP contribution in [0.25, 0.3) is 0 Å². The first kappa shape index (κ1) is 43.7. The third kappa shape index (κ3) is 11.0. The summed E-state index contributed by atoms with van der Waals surface area (Å²) in [4.78, 5) is 56.4. The number of hydrogen-bond donors (Lipinski definition) is 3. The lowest BCUT2D eigenvalue weighted by molar-refractivity contribution is -0.267. The van der Waals surface area contributed by atoms with E-state index in [0.717, 1.165) is 12.8 Å². The fourth-order valence-electron chi connectivity index (χ4n) is 8.65. The average molecular weight is 730 g/mol. The maximum Gasteiger partial charge on any atom is 0.329 e. The first-order valence-corrected chi connectivity index (χ1v) is 19.8. The van der Waals surface area contributed by atoms with Gasteiger partial charge in [-0.05, 0) is 95.3 Å². The number of carbonyl (C=O) groups excluding carboxylic acids is 4.